The highest BCUT2D eigenvalue weighted by atomic mass is 79.9. The van der Waals surface area contributed by atoms with E-state index in [0.29, 0.717) is 36.2 Å². The summed E-state index contributed by atoms with van der Waals surface area (Å²) >= 11 is 3.66. The second-order valence-corrected chi connectivity index (χ2v) is 10.9. The Labute approximate surface area is 225 Å². The van der Waals surface area contributed by atoms with Gasteiger partial charge in [0.2, 0.25) is 0 Å². The molecule has 0 saturated carbocycles. The van der Waals surface area contributed by atoms with Crippen molar-refractivity contribution in [1.82, 2.24) is 19.5 Å². The zero-order valence-corrected chi connectivity index (χ0v) is 23.0. The number of carboxylic acids is 1. The van der Waals surface area contributed by atoms with Crippen LogP contribution < -0.4 is 16.2 Å². The Kier molecular flexibility index (Phi) is 8.02. The Morgan fingerprint density at radius 1 is 1.30 bits per heavy atom. The number of rotatable bonds is 6. The van der Waals surface area contributed by atoms with Gasteiger partial charge >= 0.3 is 11.9 Å². The monoisotopic (exact) mass is 567 g/mol. The molecule has 4 rings (SSSR count). The summed E-state index contributed by atoms with van der Waals surface area (Å²) in [6.45, 7) is 9.39. The fraction of sp³-hybridized carbons (Fsp3) is 0.429. The van der Waals surface area contributed by atoms with E-state index in [2.05, 4.69) is 53.6 Å². The molecule has 1 saturated heterocycles. The number of carbonyl (C=O) groups excluding carboxylic acids is 1. The van der Waals surface area contributed by atoms with Gasteiger partial charge in [-0.2, -0.15) is 9.61 Å². The first-order valence-corrected chi connectivity index (χ1v) is 13.6. The third kappa shape index (κ3) is 5.42. The minimum Gasteiger partial charge on any atom is -0.474 e. The number of aliphatic carboxylic acids is 1. The summed E-state index contributed by atoms with van der Waals surface area (Å²) in [6.07, 6.45) is 9.24. The fourth-order valence-electron chi connectivity index (χ4n) is 5.24. The predicted molar refractivity (Wildman–Crippen MR) is 148 cm³/mol. The molecule has 8 nitrogen and oxygen atoms in total. The number of carboxylic acid groups (broad SMARTS) is 1. The summed E-state index contributed by atoms with van der Waals surface area (Å²) in [6, 6.07) is 8.10. The van der Waals surface area contributed by atoms with E-state index < -0.39 is 11.9 Å². The highest BCUT2D eigenvalue weighted by molar-refractivity contribution is 9.10. The summed E-state index contributed by atoms with van der Waals surface area (Å²) in [4.78, 5) is 29.8. The van der Waals surface area contributed by atoms with Crippen molar-refractivity contribution in [3.8, 4) is 0 Å². The number of anilines is 1. The summed E-state index contributed by atoms with van der Waals surface area (Å²) in [7, 11) is 0. The second-order valence-electron chi connectivity index (χ2n) is 10.1. The number of nitrogens with two attached hydrogens (primary N) is 1. The van der Waals surface area contributed by atoms with E-state index in [1.54, 1.807) is 4.52 Å². The molecule has 37 heavy (non-hydrogen) atoms. The van der Waals surface area contributed by atoms with Crippen LogP contribution in [0.4, 0.5) is 5.82 Å². The normalized spacial score (nSPS) is 18.5. The number of nitrogen functional groups attached to an aromatic ring is 1. The van der Waals surface area contributed by atoms with E-state index >= 15 is 0 Å². The molecular weight excluding hydrogens is 534 g/mol. The molecule has 0 bridgehead atoms. The van der Waals surface area contributed by atoms with Gasteiger partial charge in [-0.25, -0.2) is 9.78 Å². The largest absolute Gasteiger partial charge is 0.474 e. The average molecular weight is 569 g/mol. The number of halogens is 1. The SMILES string of the molecule is C=c1cccc/c1=C/C(C)(CCCC)c1cnn2c(N)c(Br)c(C3CCCN(C(=O)C(=O)O)CC3)nc12. The first kappa shape index (κ1) is 26.9. The quantitative estimate of drug-likeness (QED) is 0.440. The van der Waals surface area contributed by atoms with Crippen LogP contribution in [0.25, 0.3) is 18.3 Å². The second kappa shape index (κ2) is 11.0. The van der Waals surface area contributed by atoms with Gasteiger partial charge in [-0.05, 0) is 52.1 Å². The van der Waals surface area contributed by atoms with Crippen molar-refractivity contribution < 1.29 is 14.7 Å². The lowest BCUT2D eigenvalue weighted by atomic mass is 9.78. The number of hydrogen-bond donors (Lipinski definition) is 2. The van der Waals surface area contributed by atoms with Crippen molar-refractivity contribution in [2.45, 2.75) is 63.7 Å². The summed E-state index contributed by atoms with van der Waals surface area (Å²) in [5.41, 5.74) is 8.77. The van der Waals surface area contributed by atoms with Gasteiger partial charge in [-0.3, -0.25) is 4.79 Å². The molecule has 2 unspecified atom stereocenters. The van der Waals surface area contributed by atoms with Crippen LogP contribution >= 0.6 is 15.9 Å². The van der Waals surface area contributed by atoms with Crippen LogP contribution in [0.1, 0.15) is 69.5 Å². The van der Waals surface area contributed by atoms with Gasteiger partial charge in [0.05, 0.1) is 16.4 Å². The van der Waals surface area contributed by atoms with Crippen LogP contribution in [-0.2, 0) is 15.0 Å². The van der Waals surface area contributed by atoms with E-state index in [9.17, 15) is 9.59 Å². The van der Waals surface area contributed by atoms with E-state index in [4.69, 9.17) is 15.8 Å². The van der Waals surface area contributed by atoms with Crippen molar-refractivity contribution >= 4 is 51.9 Å². The molecule has 2 aromatic heterocycles. The Morgan fingerprint density at radius 2 is 2.05 bits per heavy atom. The topological polar surface area (TPSA) is 114 Å². The lowest BCUT2D eigenvalue weighted by Crippen LogP contribution is -2.37. The number of fused-ring (bicyclic) bond motifs is 1. The van der Waals surface area contributed by atoms with E-state index in [-0.39, 0.29) is 11.3 Å². The molecule has 3 aromatic rings. The molecule has 1 aliphatic heterocycles. The van der Waals surface area contributed by atoms with Gasteiger partial charge in [0.15, 0.2) is 5.65 Å². The van der Waals surface area contributed by atoms with Crippen LogP contribution in [0, 0.1) is 0 Å². The molecule has 2 atom stereocenters. The molecule has 0 spiro atoms. The standard InChI is InChI=1S/C28H34BrN5O3/c1-4-5-13-28(3,16-20-10-7-6-9-18(20)2)21-17-31-34-24(30)22(29)23(32-25(21)34)19-11-8-14-33(15-12-19)26(35)27(36)37/h6-7,9-10,16-17,19H,2,4-5,8,11-15,30H2,1,3H3,(H,36,37)/b20-16-. The Morgan fingerprint density at radius 3 is 2.76 bits per heavy atom. The Hall–Kier alpha value is -3.20. The summed E-state index contributed by atoms with van der Waals surface area (Å²) < 4.78 is 2.38. The Bertz CT molecular complexity index is 1440. The number of amides is 1. The zero-order chi connectivity index (χ0) is 26.7. The summed E-state index contributed by atoms with van der Waals surface area (Å²) in [5, 5.41) is 15.8. The van der Waals surface area contributed by atoms with Crippen LogP contribution in [0.15, 0.2) is 34.9 Å². The van der Waals surface area contributed by atoms with E-state index in [1.165, 1.54) is 4.90 Å². The van der Waals surface area contributed by atoms with Crippen LogP contribution in [0.3, 0.4) is 0 Å². The number of aromatic nitrogens is 3. The molecule has 3 heterocycles. The molecule has 196 valence electrons. The van der Waals surface area contributed by atoms with Gasteiger partial charge in [-0.1, -0.05) is 63.6 Å². The van der Waals surface area contributed by atoms with Crippen molar-refractivity contribution in [2.24, 2.45) is 0 Å². The maximum absolute atomic E-state index is 12.0. The fourth-order valence-corrected chi connectivity index (χ4v) is 5.82. The maximum Gasteiger partial charge on any atom is 0.394 e. The average Bonchev–Trinajstić information content (AvgIpc) is 3.17. The zero-order valence-electron chi connectivity index (χ0n) is 21.4. The van der Waals surface area contributed by atoms with Gasteiger partial charge in [-0.15, -0.1) is 0 Å². The van der Waals surface area contributed by atoms with Crippen LogP contribution in [-0.4, -0.2) is 49.6 Å². The van der Waals surface area contributed by atoms with Crippen molar-refractivity contribution in [2.75, 3.05) is 18.8 Å². The lowest BCUT2D eigenvalue weighted by Gasteiger charge is -2.26. The Balaban J connectivity index is 1.80. The molecule has 1 fully saturated rings. The highest BCUT2D eigenvalue weighted by Gasteiger charge is 2.32. The van der Waals surface area contributed by atoms with Crippen molar-refractivity contribution in [3.63, 3.8) is 0 Å². The molecule has 0 aliphatic carbocycles. The van der Waals surface area contributed by atoms with Gasteiger partial charge in [0.1, 0.15) is 5.82 Å². The van der Waals surface area contributed by atoms with Crippen LogP contribution in [0.2, 0.25) is 0 Å². The smallest absolute Gasteiger partial charge is 0.394 e. The number of carbonyl (C=O) groups is 2. The van der Waals surface area contributed by atoms with Crippen molar-refractivity contribution in [1.29, 1.82) is 0 Å². The maximum atomic E-state index is 12.0. The molecule has 1 aliphatic rings. The third-order valence-electron chi connectivity index (χ3n) is 7.43. The van der Waals surface area contributed by atoms with Gasteiger partial charge in [0.25, 0.3) is 0 Å². The van der Waals surface area contributed by atoms with Gasteiger partial charge in [0, 0.05) is 30.0 Å². The minimum atomic E-state index is -1.42. The number of hydrogen-bond acceptors (Lipinski definition) is 5. The minimum absolute atomic E-state index is 0.0301. The lowest BCUT2D eigenvalue weighted by molar-refractivity contribution is -0.155. The number of benzene rings is 1. The highest BCUT2D eigenvalue weighted by Crippen LogP contribution is 2.39. The summed E-state index contributed by atoms with van der Waals surface area (Å²) in [5.74, 6) is -1.76. The molecule has 1 aromatic carbocycles. The number of likely N-dealkylation sites (tertiary alicyclic amines) is 1. The predicted octanol–water partition coefficient (Wildman–Crippen LogP) is 3.59. The van der Waals surface area contributed by atoms with E-state index in [0.717, 1.165) is 53.0 Å². The van der Waals surface area contributed by atoms with Gasteiger partial charge < -0.3 is 15.7 Å². The molecule has 0 radical (unpaired) electrons. The molecular formula is C28H34BrN5O3. The molecule has 1 amide bonds. The van der Waals surface area contributed by atoms with Crippen molar-refractivity contribution in [3.05, 3.63) is 56.6 Å². The first-order valence-electron chi connectivity index (χ1n) is 12.8. The first-order chi connectivity index (χ1) is 17.7. The molecule has 9 heteroatoms. The number of unbranched alkanes of at least 4 members (excludes halogenated alkanes) is 1. The van der Waals surface area contributed by atoms with Crippen LogP contribution in [0.5, 0.6) is 0 Å². The third-order valence-corrected chi connectivity index (χ3v) is 8.24. The molecule has 3 N–H and O–H groups in total. The number of nitrogens with zero attached hydrogens (tertiary/aromatic N) is 4. The van der Waals surface area contributed by atoms with E-state index in [1.807, 2.05) is 24.4 Å².